The summed E-state index contributed by atoms with van der Waals surface area (Å²) in [5.74, 6) is -0.0287. The van der Waals surface area contributed by atoms with Gasteiger partial charge in [0.15, 0.2) is 11.5 Å². The molecule has 2 aromatic rings. The zero-order valence-electron chi connectivity index (χ0n) is 9.92. The van der Waals surface area contributed by atoms with Crippen LogP contribution in [0.1, 0.15) is 23.1 Å². The maximum Gasteiger partial charge on any atom is 0.357 e. The summed E-state index contributed by atoms with van der Waals surface area (Å²) in [4.78, 5) is 19.6. The highest BCUT2D eigenvalue weighted by molar-refractivity contribution is 6.28. The maximum absolute atomic E-state index is 11.8. The molecule has 0 spiro atoms. The summed E-state index contributed by atoms with van der Waals surface area (Å²) in [5, 5.41) is 4.29. The van der Waals surface area contributed by atoms with E-state index in [-0.39, 0.29) is 5.28 Å². The van der Waals surface area contributed by atoms with Crippen LogP contribution < -0.4 is 0 Å². The zero-order valence-corrected chi connectivity index (χ0v) is 10.7. The molecule has 0 aromatic carbocycles. The number of rotatable bonds is 3. The van der Waals surface area contributed by atoms with E-state index in [2.05, 4.69) is 15.1 Å². The SMILES string of the molecule is CCOC(=O)c1cc(C)nn1-c1ccnc(Cl)n1. The number of esters is 1. The van der Waals surface area contributed by atoms with E-state index in [1.54, 1.807) is 26.0 Å². The van der Waals surface area contributed by atoms with Gasteiger partial charge >= 0.3 is 5.97 Å². The van der Waals surface area contributed by atoms with Gasteiger partial charge in [0.1, 0.15) is 0 Å². The Bertz CT molecular complexity index is 582. The predicted octanol–water partition coefficient (Wildman–Crippen LogP) is 1.80. The number of carbonyl (C=O) groups is 1. The largest absolute Gasteiger partial charge is 0.461 e. The lowest BCUT2D eigenvalue weighted by Crippen LogP contribution is -2.13. The van der Waals surface area contributed by atoms with Crippen molar-refractivity contribution in [1.29, 1.82) is 0 Å². The topological polar surface area (TPSA) is 69.9 Å². The molecule has 7 heteroatoms. The summed E-state index contributed by atoms with van der Waals surface area (Å²) < 4.78 is 6.35. The highest BCUT2D eigenvalue weighted by Gasteiger charge is 2.17. The van der Waals surface area contributed by atoms with Crippen molar-refractivity contribution in [2.45, 2.75) is 13.8 Å². The first-order chi connectivity index (χ1) is 8.61. The number of aromatic nitrogens is 4. The maximum atomic E-state index is 11.8. The summed E-state index contributed by atoms with van der Waals surface area (Å²) in [6.07, 6.45) is 1.50. The Morgan fingerprint density at radius 3 is 3.00 bits per heavy atom. The molecule has 0 aliphatic rings. The van der Waals surface area contributed by atoms with Crippen LogP contribution in [0.15, 0.2) is 18.3 Å². The lowest BCUT2D eigenvalue weighted by molar-refractivity contribution is 0.0515. The van der Waals surface area contributed by atoms with Gasteiger partial charge in [-0.1, -0.05) is 0 Å². The second kappa shape index (κ2) is 5.14. The standard InChI is InChI=1S/C11H11ClN4O2/c1-3-18-10(17)8-6-7(2)15-16(8)9-4-5-13-11(12)14-9/h4-6H,3H2,1-2H3. The highest BCUT2D eigenvalue weighted by Crippen LogP contribution is 2.12. The molecular formula is C11H11ClN4O2. The number of halogens is 1. The van der Waals surface area contributed by atoms with Crippen LogP contribution in [-0.4, -0.2) is 32.3 Å². The first-order valence-corrected chi connectivity index (χ1v) is 5.72. The summed E-state index contributed by atoms with van der Waals surface area (Å²) >= 11 is 5.72. The molecule has 0 radical (unpaired) electrons. The van der Waals surface area contributed by atoms with Gasteiger partial charge in [-0.3, -0.25) is 0 Å². The van der Waals surface area contributed by atoms with E-state index in [9.17, 15) is 4.79 Å². The van der Waals surface area contributed by atoms with Crippen molar-refractivity contribution in [1.82, 2.24) is 19.7 Å². The van der Waals surface area contributed by atoms with Crippen molar-refractivity contribution in [2.75, 3.05) is 6.61 Å². The van der Waals surface area contributed by atoms with Crippen LogP contribution in [0.25, 0.3) is 5.82 Å². The van der Waals surface area contributed by atoms with Gasteiger partial charge in [0, 0.05) is 12.3 Å². The number of aryl methyl sites for hydroxylation is 1. The van der Waals surface area contributed by atoms with Gasteiger partial charge in [-0.25, -0.2) is 14.5 Å². The molecule has 0 amide bonds. The van der Waals surface area contributed by atoms with E-state index in [1.165, 1.54) is 10.9 Å². The summed E-state index contributed by atoms with van der Waals surface area (Å²) in [7, 11) is 0. The van der Waals surface area contributed by atoms with E-state index in [0.29, 0.717) is 23.8 Å². The molecule has 0 aliphatic carbocycles. The number of ether oxygens (including phenoxy) is 1. The van der Waals surface area contributed by atoms with Crippen LogP contribution in [0.3, 0.4) is 0 Å². The van der Waals surface area contributed by atoms with E-state index < -0.39 is 5.97 Å². The monoisotopic (exact) mass is 266 g/mol. The molecule has 2 heterocycles. The third-order valence-electron chi connectivity index (χ3n) is 2.14. The lowest BCUT2D eigenvalue weighted by Gasteiger charge is -2.05. The Morgan fingerprint density at radius 2 is 2.33 bits per heavy atom. The molecule has 0 N–H and O–H groups in total. The molecule has 0 unspecified atom stereocenters. The number of nitrogens with zero attached hydrogens (tertiary/aromatic N) is 4. The van der Waals surface area contributed by atoms with Crippen molar-refractivity contribution in [2.24, 2.45) is 0 Å². The van der Waals surface area contributed by atoms with Gasteiger partial charge in [-0.15, -0.1) is 0 Å². The van der Waals surface area contributed by atoms with Crippen molar-refractivity contribution in [3.8, 4) is 5.82 Å². The number of hydrogen-bond donors (Lipinski definition) is 0. The van der Waals surface area contributed by atoms with Gasteiger partial charge in [0.25, 0.3) is 0 Å². The minimum absolute atomic E-state index is 0.0930. The Balaban J connectivity index is 2.47. The average Bonchev–Trinajstić information content (AvgIpc) is 2.72. The van der Waals surface area contributed by atoms with Crippen LogP contribution in [-0.2, 0) is 4.74 Å². The smallest absolute Gasteiger partial charge is 0.357 e. The van der Waals surface area contributed by atoms with E-state index in [1.807, 2.05) is 0 Å². The number of carbonyl (C=O) groups excluding carboxylic acids is 1. The fourth-order valence-electron chi connectivity index (χ4n) is 1.47. The van der Waals surface area contributed by atoms with Crippen LogP contribution in [0, 0.1) is 6.92 Å². The molecular weight excluding hydrogens is 256 g/mol. The average molecular weight is 267 g/mol. The third kappa shape index (κ3) is 2.48. The Morgan fingerprint density at radius 1 is 1.56 bits per heavy atom. The molecule has 0 bridgehead atoms. The summed E-state index contributed by atoms with van der Waals surface area (Å²) in [6.45, 7) is 3.82. The van der Waals surface area contributed by atoms with Crippen molar-refractivity contribution in [3.05, 3.63) is 35.0 Å². The van der Waals surface area contributed by atoms with Gasteiger partial charge < -0.3 is 4.74 Å². The van der Waals surface area contributed by atoms with E-state index >= 15 is 0 Å². The van der Waals surface area contributed by atoms with Crippen LogP contribution in [0.4, 0.5) is 0 Å². The van der Waals surface area contributed by atoms with Crippen LogP contribution >= 0.6 is 11.6 Å². The molecule has 0 aliphatic heterocycles. The van der Waals surface area contributed by atoms with E-state index in [0.717, 1.165) is 0 Å². The van der Waals surface area contributed by atoms with Crippen molar-refractivity contribution in [3.63, 3.8) is 0 Å². The quantitative estimate of drug-likeness (QED) is 0.626. The summed E-state index contributed by atoms with van der Waals surface area (Å²) in [6, 6.07) is 3.25. The molecule has 0 saturated heterocycles. The molecule has 2 aromatic heterocycles. The van der Waals surface area contributed by atoms with Crippen molar-refractivity contribution < 1.29 is 9.53 Å². The lowest BCUT2D eigenvalue weighted by atomic mass is 10.3. The van der Waals surface area contributed by atoms with Gasteiger partial charge in [-0.05, 0) is 31.5 Å². The summed E-state index contributed by atoms with van der Waals surface area (Å²) in [5.41, 5.74) is 0.997. The Labute approximate surface area is 109 Å². The third-order valence-corrected chi connectivity index (χ3v) is 2.33. The Kier molecular flexibility index (Phi) is 3.57. The van der Waals surface area contributed by atoms with E-state index in [4.69, 9.17) is 16.3 Å². The second-order valence-electron chi connectivity index (χ2n) is 3.49. The molecule has 2 rings (SSSR count). The molecule has 0 fully saturated rings. The fraction of sp³-hybridized carbons (Fsp3) is 0.273. The molecule has 0 atom stereocenters. The first kappa shape index (κ1) is 12.5. The minimum Gasteiger partial charge on any atom is -0.461 e. The highest BCUT2D eigenvalue weighted by atomic mass is 35.5. The predicted molar refractivity (Wildman–Crippen MR) is 64.9 cm³/mol. The molecule has 6 nitrogen and oxygen atoms in total. The zero-order chi connectivity index (χ0) is 13.1. The fourth-order valence-corrected chi connectivity index (χ4v) is 1.61. The first-order valence-electron chi connectivity index (χ1n) is 5.34. The van der Waals surface area contributed by atoms with Crippen molar-refractivity contribution >= 4 is 17.6 Å². The van der Waals surface area contributed by atoms with Crippen LogP contribution in [0.5, 0.6) is 0 Å². The van der Waals surface area contributed by atoms with Crippen LogP contribution in [0.2, 0.25) is 5.28 Å². The molecule has 94 valence electrons. The number of hydrogen-bond acceptors (Lipinski definition) is 5. The molecule has 18 heavy (non-hydrogen) atoms. The Hall–Kier alpha value is -1.95. The normalized spacial score (nSPS) is 10.4. The second-order valence-corrected chi connectivity index (χ2v) is 3.83. The van der Waals surface area contributed by atoms with Gasteiger partial charge in [0.2, 0.25) is 5.28 Å². The minimum atomic E-state index is -0.451. The van der Waals surface area contributed by atoms with Gasteiger partial charge in [-0.2, -0.15) is 10.1 Å². The molecule has 0 saturated carbocycles. The van der Waals surface area contributed by atoms with Gasteiger partial charge in [0.05, 0.1) is 12.3 Å².